The number of hydrogen-bond donors (Lipinski definition) is 1. The molecule has 2 aromatic rings. The summed E-state index contributed by atoms with van der Waals surface area (Å²) in [5.74, 6) is 1.37. The van der Waals surface area contributed by atoms with Gasteiger partial charge in [-0.15, -0.1) is 0 Å². The van der Waals surface area contributed by atoms with Gasteiger partial charge in [-0.1, -0.05) is 29.8 Å². The highest BCUT2D eigenvalue weighted by Gasteiger charge is 2.23. The minimum absolute atomic E-state index is 0.377. The molecule has 1 fully saturated rings. The van der Waals surface area contributed by atoms with Crippen LogP contribution in [0.1, 0.15) is 12.0 Å². The number of ether oxygens (including phenoxy) is 1. The number of nitrogens with zero attached hydrogens (tertiary/aromatic N) is 3. The molecule has 0 spiro atoms. The maximum Gasteiger partial charge on any atom is 0.218 e. The van der Waals surface area contributed by atoms with Gasteiger partial charge in [0.2, 0.25) is 5.88 Å². The molecule has 1 aliphatic heterocycles. The first-order chi connectivity index (χ1) is 10.7. The summed E-state index contributed by atoms with van der Waals surface area (Å²) >= 11 is 6.23. The number of halogens is 1. The molecular formula is C16H19ClN4O. The van der Waals surface area contributed by atoms with Gasteiger partial charge in [-0.3, -0.25) is 4.90 Å². The van der Waals surface area contributed by atoms with Gasteiger partial charge in [0, 0.05) is 36.8 Å². The second-order valence-electron chi connectivity index (χ2n) is 5.40. The minimum Gasteiger partial charge on any atom is -0.481 e. The summed E-state index contributed by atoms with van der Waals surface area (Å²) in [5.41, 5.74) is 1.17. The number of likely N-dealkylation sites (tertiary alicyclic amines) is 1. The lowest BCUT2D eigenvalue weighted by Gasteiger charge is -2.17. The Morgan fingerprint density at radius 2 is 2.23 bits per heavy atom. The standard InChI is InChI=1S/C16H19ClN4O/c1-22-16-8-15(18-11-19-16)20-13-6-7-21(10-13)9-12-4-2-3-5-14(12)17/h2-5,8,11,13H,6-7,9-10H2,1H3,(H,18,19,20). The molecule has 1 unspecified atom stereocenters. The van der Waals surface area contributed by atoms with Crippen LogP contribution in [0.4, 0.5) is 5.82 Å². The largest absolute Gasteiger partial charge is 0.481 e. The minimum atomic E-state index is 0.377. The summed E-state index contributed by atoms with van der Waals surface area (Å²) < 4.78 is 5.12. The highest BCUT2D eigenvalue weighted by atomic mass is 35.5. The Balaban J connectivity index is 1.57. The highest BCUT2D eigenvalue weighted by molar-refractivity contribution is 6.31. The molecule has 1 N–H and O–H groups in total. The van der Waals surface area contributed by atoms with Crippen molar-refractivity contribution in [1.29, 1.82) is 0 Å². The third kappa shape index (κ3) is 3.67. The van der Waals surface area contributed by atoms with Crippen molar-refractivity contribution >= 4 is 17.4 Å². The lowest BCUT2D eigenvalue weighted by atomic mass is 10.2. The molecule has 0 bridgehead atoms. The normalized spacial score (nSPS) is 18.4. The van der Waals surface area contributed by atoms with Crippen LogP contribution >= 0.6 is 11.6 Å². The molecule has 0 saturated carbocycles. The van der Waals surface area contributed by atoms with Crippen molar-refractivity contribution in [3.05, 3.63) is 47.2 Å². The number of rotatable bonds is 5. The van der Waals surface area contributed by atoms with E-state index in [4.69, 9.17) is 16.3 Å². The van der Waals surface area contributed by atoms with E-state index in [1.165, 1.54) is 11.9 Å². The summed E-state index contributed by atoms with van der Waals surface area (Å²) in [5, 5.41) is 4.27. The number of methoxy groups -OCH3 is 1. The van der Waals surface area contributed by atoms with Crippen molar-refractivity contribution in [2.75, 3.05) is 25.5 Å². The van der Waals surface area contributed by atoms with Gasteiger partial charge in [0.05, 0.1) is 7.11 Å². The summed E-state index contributed by atoms with van der Waals surface area (Å²) in [7, 11) is 1.60. The van der Waals surface area contributed by atoms with Gasteiger partial charge in [-0.05, 0) is 18.1 Å². The zero-order valence-corrected chi connectivity index (χ0v) is 13.3. The SMILES string of the molecule is COc1cc(NC2CCN(Cc3ccccc3Cl)C2)ncn1. The molecule has 0 aliphatic carbocycles. The number of nitrogens with one attached hydrogen (secondary N) is 1. The zero-order valence-electron chi connectivity index (χ0n) is 12.5. The van der Waals surface area contributed by atoms with Crippen LogP contribution in [0.15, 0.2) is 36.7 Å². The number of hydrogen-bond acceptors (Lipinski definition) is 5. The second-order valence-corrected chi connectivity index (χ2v) is 5.81. The maximum absolute atomic E-state index is 6.23. The van der Waals surface area contributed by atoms with Crippen LogP contribution in [0.2, 0.25) is 5.02 Å². The van der Waals surface area contributed by atoms with E-state index in [-0.39, 0.29) is 0 Å². The fourth-order valence-corrected chi connectivity index (χ4v) is 2.90. The van der Waals surface area contributed by atoms with Crippen LogP contribution in [-0.2, 0) is 6.54 Å². The number of aromatic nitrogens is 2. The molecule has 116 valence electrons. The van der Waals surface area contributed by atoms with Gasteiger partial charge in [0.15, 0.2) is 0 Å². The van der Waals surface area contributed by atoms with E-state index in [0.717, 1.165) is 36.9 Å². The van der Waals surface area contributed by atoms with Crippen LogP contribution in [-0.4, -0.2) is 41.1 Å². The van der Waals surface area contributed by atoms with Crippen LogP contribution < -0.4 is 10.1 Å². The lowest BCUT2D eigenvalue weighted by molar-refractivity contribution is 0.328. The predicted molar refractivity (Wildman–Crippen MR) is 87.3 cm³/mol. The first-order valence-corrected chi connectivity index (χ1v) is 7.71. The Morgan fingerprint density at radius 3 is 3.05 bits per heavy atom. The third-order valence-electron chi connectivity index (χ3n) is 3.83. The monoisotopic (exact) mass is 318 g/mol. The molecule has 2 heterocycles. The quantitative estimate of drug-likeness (QED) is 0.918. The summed E-state index contributed by atoms with van der Waals surface area (Å²) in [6, 6.07) is 10.2. The van der Waals surface area contributed by atoms with Gasteiger partial charge in [0.25, 0.3) is 0 Å². The maximum atomic E-state index is 6.23. The smallest absolute Gasteiger partial charge is 0.218 e. The van der Waals surface area contributed by atoms with Crippen molar-refractivity contribution in [3.8, 4) is 5.88 Å². The Morgan fingerprint density at radius 1 is 1.36 bits per heavy atom. The molecule has 5 nitrogen and oxygen atoms in total. The zero-order chi connectivity index (χ0) is 15.4. The van der Waals surface area contributed by atoms with Crippen LogP contribution in [0.5, 0.6) is 5.88 Å². The molecule has 1 atom stereocenters. The predicted octanol–water partition coefficient (Wildman–Crippen LogP) is 2.83. The molecule has 1 aromatic heterocycles. The van der Waals surface area contributed by atoms with Crippen LogP contribution in [0.25, 0.3) is 0 Å². The van der Waals surface area contributed by atoms with E-state index in [0.29, 0.717) is 11.9 Å². The average Bonchev–Trinajstić information content (AvgIpc) is 2.97. The van der Waals surface area contributed by atoms with Crippen LogP contribution in [0.3, 0.4) is 0 Å². The molecule has 6 heteroatoms. The molecule has 1 aliphatic rings. The summed E-state index contributed by atoms with van der Waals surface area (Å²) in [6.45, 7) is 2.90. The van der Waals surface area contributed by atoms with Crippen molar-refractivity contribution in [2.45, 2.75) is 19.0 Å². The summed E-state index contributed by atoms with van der Waals surface area (Å²) in [4.78, 5) is 10.6. The number of anilines is 1. The Bertz CT molecular complexity index is 637. The van der Waals surface area contributed by atoms with Crippen molar-refractivity contribution in [2.24, 2.45) is 0 Å². The Hall–Kier alpha value is -1.85. The van der Waals surface area contributed by atoms with E-state index >= 15 is 0 Å². The lowest BCUT2D eigenvalue weighted by Crippen LogP contribution is -2.26. The van der Waals surface area contributed by atoms with Crippen LogP contribution in [0, 0.1) is 0 Å². The topological polar surface area (TPSA) is 50.3 Å². The van der Waals surface area contributed by atoms with E-state index in [9.17, 15) is 0 Å². The van der Waals surface area contributed by atoms with E-state index in [1.54, 1.807) is 7.11 Å². The van der Waals surface area contributed by atoms with Gasteiger partial charge < -0.3 is 10.1 Å². The molecular weight excluding hydrogens is 300 g/mol. The van der Waals surface area contributed by atoms with Gasteiger partial charge in [-0.2, -0.15) is 0 Å². The fraction of sp³-hybridized carbons (Fsp3) is 0.375. The van der Waals surface area contributed by atoms with Crippen molar-refractivity contribution in [1.82, 2.24) is 14.9 Å². The average molecular weight is 319 g/mol. The van der Waals surface area contributed by atoms with Crippen molar-refractivity contribution in [3.63, 3.8) is 0 Å². The third-order valence-corrected chi connectivity index (χ3v) is 4.20. The number of benzene rings is 1. The van der Waals surface area contributed by atoms with Gasteiger partial charge in [-0.25, -0.2) is 9.97 Å². The fourth-order valence-electron chi connectivity index (χ4n) is 2.70. The van der Waals surface area contributed by atoms with E-state index in [1.807, 2.05) is 24.3 Å². The van der Waals surface area contributed by atoms with Gasteiger partial charge in [0.1, 0.15) is 12.1 Å². The van der Waals surface area contributed by atoms with Crippen molar-refractivity contribution < 1.29 is 4.74 Å². The molecule has 1 saturated heterocycles. The molecule has 22 heavy (non-hydrogen) atoms. The Kier molecular flexibility index (Phi) is 4.75. The first-order valence-electron chi connectivity index (χ1n) is 7.33. The second kappa shape index (κ2) is 6.94. The molecule has 1 aromatic carbocycles. The summed E-state index contributed by atoms with van der Waals surface area (Å²) in [6.07, 6.45) is 2.59. The molecule has 0 amide bonds. The highest BCUT2D eigenvalue weighted by Crippen LogP contribution is 2.21. The van der Waals surface area contributed by atoms with Gasteiger partial charge >= 0.3 is 0 Å². The Labute approximate surface area is 135 Å². The van der Waals surface area contributed by atoms with E-state index in [2.05, 4.69) is 26.3 Å². The molecule has 3 rings (SSSR count). The molecule has 0 radical (unpaired) electrons. The first kappa shape index (κ1) is 15.1. The van der Waals surface area contributed by atoms with E-state index < -0.39 is 0 Å².